The van der Waals surface area contributed by atoms with Gasteiger partial charge in [0, 0.05) is 36.3 Å². The molecule has 4 aromatic rings. The van der Waals surface area contributed by atoms with Gasteiger partial charge in [-0.3, -0.25) is 9.59 Å². The van der Waals surface area contributed by atoms with Crippen molar-refractivity contribution in [2.24, 2.45) is 0 Å². The van der Waals surface area contributed by atoms with Gasteiger partial charge < -0.3 is 9.88 Å². The first-order valence-electron chi connectivity index (χ1n) is 8.65. The van der Waals surface area contributed by atoms with Crippen molar-refractivity contribution < 1.29 is 4.79 Å². The number of nitrogens with one attached hydrogen (secondary N) is 1. The molecule has 0 atom stereocenters. The maximum atomic E-state index is 12.3. The monoisotopic (exact) mass is 375 g/mol. The fourth-order valence-electron chi connectivity index (χ4n) is 2.72. The van der Waals surface area contributed by atoms with Crippen molar-refractivity contribution in [1.29, 1.82) is 0 Å². The van der Waals surface area contributed by atoms with Crippen molar-refractivity contribution in [3.8, 4) is 11.5 Å². The molecule has 0 saturated heterocycles. The van der Waals surface area contributed by atoms with Crippen LogP contribution in [-0.4, -0.2) is 41.6 Å². The molecule has 4 rings (SSSR count). The van der Waals surface area contributed by atoms with Crippen LogP contribution in [0, 0.1) is 0 Å². The third-order valence-electron chi connectivity index (χ3n) is 4.15. The second kappa shape index (κ2) is 7.70. The largest absolute Gasteiger partial charge is 0.350 e. The number of hydrogen-bond acceptors (Lipinski definition) is 5. The number of hydrogen-bond donors (Lipinski definition) is 1. The predicted octanol–water partition coefficient (Wildman–Crippen LogP) is 1.04. The first-order valence-corrected chi connectivity index (χ1v) is 8.65. The summed E-state index contributed by atoms with van der Waals surface area (Å²) >= 11 is 0. The maximum absolute atomic E-state index is 12.3. The topological polar surface area (TPSA) is 99.6 Å². The zero-order chi connectivity index (χ0) is 19.3. The van der Waals surface area contributed by atoms with Gasteiger partial charge in [0.1, 0.15) is 12.7 Å². The second-order valence-electron chi connectivity index (χ2n) is 5.99. The Morgan fingerprint density at radius 2 is 1.82 bits per heavy atom. The highest BCUT2D eigenvalue weighted by atomic mass is 16.2. The van der Waals surface area contributed by atoms with Crippen LogP contribution in [0.4, 0.5) is 0 Å². The van der Waals surface area contributed by atoms with E-state index >= 15 is 0 Å². The van der Waals surface area contributed by atoms with Gasteiger partial charge in [-0.15, -0.1) is 5.10 Å². The van der Waals surface area contributed by atoms with Gasteiger partial charge in [-0.05, 0) is 42.5 Å². The van der Waals surface area contributed by atoms with E-state index in [0.717, 1.165) is 5.69 Å². The van der Waals surface area contributed by atoms with E-state index in [4.69, 9.17) is 0 Å². The molecule has 0 saturated carbocycles. The predicted molar refractivity (Wildman–Crippen MR) is 102 cm³/mol. The van der Waals surface area contributed by atoms with Crippen molar-refractivity contribution in [1.82, 2.24) is 34.4 Å². The van der Waals surface area contributed by atoms with E-state index in [9.17, 15) is 9.59 Å². The van der Waals surface area contributed by atoms with Crippen LogP contribution in [0.5, 0.6) is 0 Å². The molecule has 1 N–H and O–H groups in total. The number of rotatable bonds is 6. The Morgan fingerprint density at radius 1 is 1.04 bits per heavy atom. The number of benzene rings is 1. The fourth-order valence-corrected chi connectivity index (χ4v) is 2.72. The third kappa shape index (κ3) is 3.73. The second-order valence-corrected chi connectivity index (χ2v) is 5.99. The van der Waals surface area contributed by atoms with Crippen molar-refractivity contribution in [3.63, 3.8) is 0 Å². The summed E-state index contributed by atoms with van der Waals surface area (Å²) in [5.74, 6) is 0.267. The molecule has 140 valence electrons. The van der Waals surface area contributed by atoms with Crippen LogP contribution in [0.3, 0.4) is 0 Å². The highest BCUT2D eigenvalue weighted by Crippen LogP contribution is 2.10. The third-order valence-corrected chi connectivity index (χ3v) is 4.15. The lowest BCUT2D eigenvalue weighted by Gasteiger charge is -2.09. The number of carbonyl (C=O) groups excluding carboxylic acids is 1. The Morgan fingerprint density at radius 3 is 2.54 bits per heavy atom. The smallest absolute Gasteiger partial charge is 0.266 e. The van der Waals surface area contributed by atoms with Gasteiger partial charge >= 0.3 is 0 Å². The molecule has 1 amide bonds. The maximum Gasteiger partial charge on any atom is 0.266 e. The molecule has 0 aliphatic heterocycles. The van der Waals surface area contributed by atoms with Crippen LogP contribution in [0.2, 0.25) is 0 Å². The highest BCUT2D eigenvalue weighted by molar-refractivity contribution is 5.94. The normalized spacial score (nSPS) is 10.7. The molecule has 0 aliphatic rings. The summed E-state index contributed by atoms with van der Waals surface area (Å²) in [6.07, 6.45) is 6.76. The zero-order valence-corrected chi connectivity index (χ0v) is 14.8. The average molecular weight is 375 g/mol. The van der Waals surface area contributed by atoms with Gasteiger partial charge in [-0.1, -0.05) is 0 Å². The zero-order valence-electron chi connectivity index (χ0n) is 14.8. The van der Waals surface area contributed by atoms with Crippen LogP contribution in [-0.2, 0) is 6.54 Å². The first-order chi connectivity index (χ1) is 13.7. The van der Waals surface area contributed by atoms with E-state index < -0.39 is 0 Å². The molecular weight excluding hydrogens is 358 g/mol. The molecule has 28 heavy (non-hydrogen) atoms. The molecular formula is C19H17N7O2. The van der Waals surface area contributed by atoms with E-state index in [1.165, 1.54) is 28.1 Å². The van der Waals surface area contributed by atoms with Gasteiger partial charge in [0.2, 0.25) is 0 Å². The van der Waals surface area contributed by atoms with E-state index in [1.54, 1.807) is 18.2 Å². The van der Waals surface area contributed by atoms with E-state index in [1.807, 2.05) is 41.2 Å². The minimum atomic E-state index is -0.255. The summed E-state index contributed by atoms with van der Waals surface area (Å²) in [6, 6.07) is 14.1. The molecule has 3 aromatic heterocycles. The van der Waals surface area contributed by atoms with Gasteiger partial charge in [-0.2, -0.15) is 5.10 Å². The first kappa shape index (κ1) is 17.4. The van der Waals surface area contributed by atoms with Crippen LogP contribution >= 0.6 is 0 Å². The van der Waals surface area contributed by atoms with Gasteiger partial charge in [0.05, 0.1) is 6.54 Å². The molecule has 0 radical (unpaired) electrons. The van der Waals surface area contributed by atoms with E-state index in [0.29, 0.717) is 11.4 Å². The molecule has 9 heteroatoms. The van der Waals surface area contributed by atoms with Crippen LogP contribution in [0.25, 0.3) is 11.5 Å². The minimum absolute atomic E-state index is 0.209. The van der Waals surface area contributed by atoms with Gasteiger partial charge in [0.25, 0.3) is 11.5 Å². The van der Waals surface area contributed by atoms with Crippen LogP contribution in [0.15, 0.2) is 78.4 Å². The Balaban J connectivity index is 1.38. The van der Waals surface area contributed by atoms with E-state index in [-0.39, 0.29) is 24.6 Å². The molecule has 0 aliphatic carbocycles. The molecule has 0 bridgehead atoms. The highest BCUT2D eigenvalue weighted by Gasteiger charge is 2.07. The average Bonchev–Trinajstić information content (AvgIpc) is 3.44. The lowest BCUT2D eigenvalue weighted by molar-refractivity contribution is 0.0951. The molecule has 3 heterocycles. The van der Waals surface area contributed by atoms with Crippen molar-refractivity contribution in [3.05, 3.63) is 89.5 Å². The lowest BCUT2D eigenvalue weighted by Crippen LogP contribution is -2.32. The standard InChI is InChI=1S/C19H17N7O2/c27-18-8-7-17(26-14-20-13-22-26)23-25(18)12-9-21-19(28)15-3-5-16(6-4-15)24-10-1-2-11-24/h1-8,10-11,13-14H,9,12H2,(H,21,28). The van der Waals surface area contributed by atoms with Gasteiger partial charge in [0.15, 0.2) is 5.82 Å². The Hall–Kier alpha value is -4.01. The molecule has 0 unspecified atom stereocenters. The summed E-state index contributed by atoms with van der Waals surface area (Å²) in [4.78, 5) is 28.2. The number of aromatic nitrogens is 6. The SMILES string of the molecule is O=C(NCCn1nc(-n2cncn2)ccc1=O)c1ccc(-n2cccc2)cc1. The Labute approximate surface area is 159 Å². The fraction of sp³-hybridized carbons (Fsp3) is 0.105. The minimum Gasteiger partial charge on any atom is -0.350 e. The van der Waals surface area contributed by atoms with E-state index in [2.05, 4.69) is 20.5 Å². The number of amides is 1. The van der Waals surface area contributed by atoms with Crippen molar-refractivity contribution in [2.75, 3.05) is 6.54 Å². The molecule has 9 nitrogen and oxygen atoms in total. The summed E-state index contributed by atoms with van der Waals surface area (Å²) in [6.45, 7) is 0.514. The summed E-state index contributed by atoms with van der Waals surface area (Å²) in [5, 5.41) is 11.0. The number of nitrogens with zero attached hydrogens (tertiary/aromatic N) is 6. The summed E-state index contributed by atoms with van der Waals surface area (Å²) in [7, 11) is 0. The lowest BCUT2D eigenvalue weighted by atomic mass is 10.2. The Kier molecular flexibility index (Phi) is 4.79. The molecule has 0 spiro atoms. The summed E-state index contributed by atoms with van der Waals surface area (Å²) in [5.41, 5.74) is 1.27. The molecule has 0 fully saturated rings. The van der Waals surface area contributed by atoms with Crippen molar-refractivity contribution >= 4 is 5.91 Å². The van der Waals surface area contributed by atoms with Gasteiger partial charge in [-0.25, -0.2) is 14.3 Å². The van der Waals surface area contributed by atoms with Crippen LogP contribution in [0.1, 0.15) is 10.4 Å². The number of carbonyl (C=O) groups is 1. The quantitative estimate of drug-likeness (QED) is 0.543. The van der Waals surface area contributed by atoms with Crippen molar-refractivity contribution in [2.45, 2.75) is 6.54 Å². The summed E-state index contributed by atoms with van der Waals surface area (Å²) < 4.78 is 4.70. The van der Waals surface area contributed by atoms with Crippen LogP contribution < -0.4 is 10.9 Å². The molecule has 1 aromatic carbocycles. The Bertz CT molecular complexity index is 1110.